The third-order valence-electron chi connectivity index (χ3n) is 4.40. The van der Waals surface area contributed by atoms with Gasteiger partial charge in [0.1, 0.15) is 5.75 Å². The Morgan fingerprint density at radius 1 is 1.31 bits per heavy atom. The molecule has 3 rings (SSSR count). The SMILES string of the molecule is COc1ccc(CN(C(=O)CC(NC(N)=O)c2cccs2)C2CC2)cc1. The van der Waals surface area contributed by atoms with Gasteiger partial charge in [0.05, 0.1) is 19.6 Å². The second-order valence-corrected chi connectivity index (χ2v) is 7.36. The summed E-state index contributed by atoms with van der Waals surface area (Å²) in [4.78, 5) is 27.1. The molecule has 2 aromatic rings. The number of carbonyl (C=O) groups is 2. The number of benzene rings is 1. The number of ether oxygens (including phenoxy) is 1. The van der Waals surface area contributed by atoms with Gasteiger partial charge in [0.25, 0.3) is 0 Å². The standard InChI is InChI=1S/C19H23N3O3S/c1-25-15-8-4-13(5-9-15)12-22(14-6-7-14)18(23)11-16(21-19(20)24)17-3-2-10-26-17/h2-5,8-10,14,16H,6-7,11-12H2,1H3,(H3,20,21,24). The Morgan fingerprint density at radius 3 is 2.58 bits per heavy atom. The fraction of sp³-hybridized carbons (Fsp3) is 0.368. The second kappa shape index (κ2) is 8.23. The summed E-state index contributed by atoms with van der Waals surface area (Å²) in [5.41, 5.74) is 6.35. The van der Waals surface area contributed by atoms with Crippen molar-refractivity contribution in [2.75, 3.05) is 7.11 Å². The van der Waals surface area contributed by atoms with Crippen LogP contribution in [0.3, 0.4) is 0 Å². The minimum absolute atomic E-state index is 0.0236. The van der Waals surface area contributed by atoms with E-state index in [-0.39, 0.29) is 18.4 Å². The summed E-state index contributed by atoms with van der Waals surface area (Å²) >= 11 is 1.50. The van der Waals surface area contributed by atoms with E-state index < -0.39 is 12.1 Å². The largest absolute Gasteiger partial charge is 0.497 e. The topological polar surface area (TPSA) is 84.7 Å². The van der Waals surface area contributed by atoms with Crippen LogP contribution in [-0.4, -0.2) is 30.0 Å². The van der Waals surface area contributed by atoms with Crippen LogP contribution >= 0.6 is 11.3 Å². The highest BCUT2D eigenvalue weighted by atomic mass is 32.1. The molecule has 1 fully saturated rings. The molecular formula is C19H23N3O3S. The predicted octanol–water partition coefficient (Wildman–Crippen LogP) is 3.05. The molecular weight excluding hydrogens is 350 g/mol. The molecule has 1 aromatic heterocycles. The van der Waals surface area contributed by atoms with E-state index in [0.717, 1.165) is 29.0 Å². The summed E-state index contributed by atoms with van der Waals surface area (Å²) in [6.45, 7) is 0.557. The highest BCUT2D eigenvalue weighted by Gasteiger charge is 2.34. The van der Waals surface area contributed by atoms with E-state index >= 15 is 0 Å². The predicted molar refractivity (Wildman–Crippen MR) is 101 cm³/mol. The molecule has 0 bridgehead atoms. The summed E-state index contributed by atoms with van der Waals surface area (Å²) < 4.78 is 5.18. The number of nitrogens with two attached hydrogens (primary N) is 1. The van der Waals surface area contributed by atoms with Crippen molar-refractivity contribution in [2.24, 2.45) is 5.73 Å². The van der Waals surface area contributed by atoms with Crippen LogP contribution in [0.4, 0.5) is 4.79 Å². The summed E-state index contributed by atoms with van der Waals surface area (Å²) in [5.74, 6) is 0.817. The van der Waals surface area contributed by atoms with Crippen molar-refractivity contribution in [3.63, 3.8) is 0 Å². The Bertz CT molecular complexity index is 742. The number of methoxy groups -OCH3 is 1. The van der Waals surface area contributed by atoms with Gasteiger partial charge >= 0.3 is 6.03 Å². The molecule has 0 aliphatic heterocycles. The van der Waals surface area contributed by atoms with Crippen molar-refractivity contribution < 1.29 is 14.3 Å². The fourth-order valence-electron chi connectivity index (χ4n) is 2.91. The number of primary amides is 1. The number of carbonyl (C=O) groups excluding carboxylic acids is 2. The summed E-state index contributed by atoms with van der Waals surface area (Å²) in [6, 6.07) is 10.8. The molecule has 1 aromatic carbocycles. The van der Waals surface area contributed by atoms with Gasteiger partial charge in [-0.05, 0) is 42.0 Å². The zero-order valence-corrected chi connectivity index (χ0v) is 15.5. The molecule has 1 heterocycles. The van der Waals surface area contributed by atoms with Crippen LogP contribution in [0, 0.1) is 0 Å². The fourth-order valence-corrected chi connectivity index (χ4v) is 3.69. The molecule has 6 nitrogen and oxygen atoms in total. The van der Waals surface area contributed by atoms with Gasteiger partial charge in [-0.2, -0.15) is 0 Å². The lowest BCUT2D eigenvalue weighted by Crippen LogP contribution is -2.38. The molecule has 1 aliphatic carbocycles. The minimum atomic E-state index is -0.621. The molecule has 0 radical (unpaired) electrons. The maximum atomic E-state index is 13.0. The lowest BCUT2D eigenvalue weighted by molar-refractivity contribution is -0.132. The molecule has 3 amide bonds. The normalized spacial score (nSPS) is 14.5. The van der Waals surface area contributed by atoms with Gasteiger partial charge in [0.15, 0.2) is 0 Å². The van der Waals surface area contributed by atoms with Crippen molar-refractivity contribution >= 4 is 23.3 Å². The minimum Gasteiger partial charge on any atom is -0.497 e. The third kappa shape index (κ3) is 4.76. The monoisotopic (exact) mass is 373 g/mol. The van der Waals surface area contributed by atoms with Crippen LogP contribution in [-0.2, 0) is 11.3 Å². The van der Waals surface area contributed by atoms with Gasteiger partial charge in [-0.25, -0.2) is 4.79 Å². The first kappa shape index (κ1) is 18.3. The van der Waals surface area contributed by atoms with Gasteiger partial charge in [0, 0.05) is 17.5 Å². The molecule has 0 spiro atoms. The molecule has 26 heavy (non-hydrogen) atoms. The molecule has 3 N–H and O–H groups in total. The number of nitrogens with zero attached hydrogens (tertiary/aromatic N) is 1. The second-order valence-electron chi connectivity index (χ2n) is 6.38. The number of nitrogens with one attached hydrogen (secondary N) is 1. The highest BCUT2D eigenvalue weighted by molar-refractivity contribution is 7.10. The van der Waals surface area contributed by atoms with Crippen molar-refractivity contribution in [3.05, 3.63) is 52.2 Å². The summed E-state index contributed by atoms with van der Waals surface area (Å²) in [5, 5.41) is 4.61. The lowest BCUT2D eigenvalue weighted by atomic mass is 10.1. The van der Waals surface area contributed by atoms with Crippen LogP contribution < -0.4 is 15.8 Å². The molecule has 138 valence electrons. The van der Waals surface area contributed by atoms with Crippen LogP contribution in [0.5, 0.6) is 5.75 Å². The number of urea groups is 1. The van der Waals surface area contributed by atoms with E-state index in [9.17, 15) is 9.59 Å². The lowest BCUT2D eigenvalue weighted by Gasteiger charge is -2.25. The Labute approximate surface area is 156 Å². The number of thiophene rings is 1. The van der Waals surface area contributed by atoms with Crippen molar-refractivity contribution in [1.82, 2.24) is 10.2 Å². The van der Waals surface area contributed by atoms with E-state index in [2.05, 4.69) is 5.32 Å². The Morgan fingerprint density at radius 2 is 2.04 bits per heavy atom. The van der Waals surface area contributed by atoms with Crippen molar-refractivity contribution in [3.8, 4) is 5.75 Å². The molecule has 1 atom stereocenters. The third-order valence-corrected chi connectivity index (χ3v) is 5.39. The van der Waals surface area contributed by atoms with Gasteiger partial charge in [-0.15, -0.1) is 11.3 Å². The summed E-state index contributed by atoms with van der Waals surface area (Å²) in [7, 11) is 1.63. The Hall–Kier alpha value is -2.54. The zero-order valence-electron chi connectivity index (χ0n) is 14.7. The number of amides is 3. The molecule has 1 unspecified atom stereocenters. The van der Waals surface area contributed by atoms with E-state index in [1.54, 1.807) is 7.11 Å². The van der Waals surface area contributed by atoms with E-state index in [1.165, 1.54) is 11.3 Å². The first-order valence-electron chi connectivity index (χ1n) is 8.58. The van der Waals surface area contributed by atoms with Crippen LogP contribution in [0.25, 0.3) is 0 Å². The van der Waals surface area contributed by atoms with E-state index in [0.29, 0.717) is 6.54 Å². The smallest absolute Gasteiger partial charge is 0.312 e. The van der Waals surface area contributed by atoms with Gasteiger partial charge in [0.2, 0.25) is 5.91 Å². The zero-order chi connectivity index (χ0) is 18.5. The van der Waals surface area contributed by atoms with Crippen LogP contribution in [0.2, 0.25) is 0 Å². The number of hydrogen-bond donors (Lipinski definition) is 2. The van der Waals surface area contributed by atoms with Crippen LogP contribution in [0.15, 0.2) is 41.8 Å². The quantitative estimate of drug-likeness (QED) is 0.746. The van der Waals surface area contributed by atoms with Crippen molar-refractivity contribution in [2.45, 2.75) is 37.9 Å². The van der Waals surface area contributed by atoms with Crippen LogP contribution in [0.1, 0.15) is 35.7 Å². The highest BCUT2D eigenvalue weighted by Crippen LogP contribution is 2.31. The number of rotatable bonds is 8. The van der Waals surface area contributed by atoms with Gasteiger partial charge in [-0.3, -0.25) is 4.79 Å². The van der Waals surface area contributed by atoms with E-state index in [4.69, 9.17) is 10.5 Å². The first-order valence-corrected chi connectivity index (χ1v) is 9.46. The maximum Gasteiger partial charge on any atom is 0.312 e. The molecule has 0 saturated heterocycles. The molecule has 1 aliphatic rings. The molecule has 1 saturated carbocycles. The van der Waals surface area contributed by atoms with E-state index in [1.807, 2.05) is 46.7 Å². The molecule has 7 heteroatoms. The Balaban J connectivity index is 1.70. The maximum absolute atomic E-state index is 13.0. The van der Waals surface area contributed by atoms with Gasteiger partial charge < -0.3 is 20.7 Å². The first-order chi connectivity index (χ1) is 12.6. The number of hydrogen-bond acceptors (Lipinski definition) is 4. The Kier molecular flexibility index (Phi) is 5.78. The van der Waals surface area contributed by atoms with Crippen molar-refractivity contribution in [1.29, 1.82) is 0 Å². The summed E-state index contributed by atoms with van der Waals surface area (Å²) in [6.07, 6.45) is 2.25. The van der Waals surface area contributed by atoms with Gasteiger partial charge in [-0.1, -0.05) is 18.2 Å². The average Bonchev–Trinajstić information content (AvgIpc) is 3.31. The average molecular weight is 373 g/mol.